The molecular formula is C23H27FN4. The normalized spacial score (nSPS) is 16.2. The predicted molar refractivity (Wildman–Crippen MR) is 109 cm³/mol. The van der Waals surface area contributed by atoms with Crippen LogP contribution in [0.2, 0.25) is 0 Å². The maximum atomic E-state index is 13.1. The first-order valence-corrected chi connectivity index (χ1v) is 9.99. The molecule has 0 amide bonds. The van der Waals surface area contributed by atoms with Crippen LogP contribution in [0.1, 0.15) is 23.1 Å². The molecule has 146 valence electrons. The van der Waals surface area contributed by atoms with Crippen LogP contribution in [-0.4, -0.2) is 45.8 Å². The van der Waals surface area contributed by atoms with E-state index in [9.17, 15) is 4.39 Å². The van der Waals surface area contributed by atoms with E-state index < -0.39 is 0 Å². The van der Waals surface area contributed by atoms with E-state index in [1.165, 1.54) is 16.7 Å². The van der Waals surface area contributed by atoms with Gasteiger partial charge in [-0.3, -0.25) is 14.5 Å². The number of benzene rings is 2. The minimum absolute atomic E-state index is 0.166. The largest absolute Gasteiger partial charge is 0.298 e. The van der Waals surface area contributed by atoms with E-state index in [0.29, 0.717) is 0 Å². The summed E-state index contributed by atoms with van der Waals surface area (Å²) in [5.41, 5.74) is 3.83. The fraction of sp³-hybridized carbons (Fsp3) is 0.348. The summed E-state index contributed by atoms with van der Waals surface area (Å²) < 4.78 is 15.1. The standard InChI is InChI=1S/C23H27FN4/c24-23-8-6-20(7-9-23)17-26-11-3-12-27(15-14-26)18-21-4-1-5-22(16-21)19-28-13-2-10-25-28/h1-2,4-10,13,16H,3,11-12,14-15,17-19H2. The van der Waals surface area contributed by atoms with Gasteiger partial charge in [0, 0.05) is 38.6 Å². The van der Waals surface area contributed by atoms with Crippen molar-refractivity contribution in [2.75, 3.05) is 26.2 Å². The van der Waals surface area contributed by atoms with Crippen LogP contribution in [0.25, 0.3) is 0 Å². The molecule has 4 nitrogen and oxygen atoms in total. The number of aromatic nitrogens is 2. The van der Waals surface area contributed by atoms with E-state index in [0.717, 1.165) is 52.2 Å². The molecule has 0 saturated carbocycles. The van der Waals surface area contributed by atoms with Crippen molar-refractivity contribution in [1.82, 2.24) is 19.6 Å². The number of hydrogen-bond donors (Lipinski definition) is 0. The second-order valence-electron chi connectivity index (χ2n) is 7.56. The van der Waals surface area contributed by atoms with E-state index in [1.54, 1.807) is 12.1 Å². The predicted octanol–water partition coefficient (Wildman–Crippen LogP) is 3.78. The fourth-order valence-electron chi connectivity index (χ4n) is 3.85. The third-order valence-corrected chi connectivity index (χ3v) is 5.30. The molecule has 0 N–H and O–H groups in total. The summed E-state index contributed by atoms with van der Waals surface area (Å²) in [5, 5.41) is 4.30. The van der Waals surface area contributed by atoms with Crippen LogP contribution in [0.5, 0.6) is 0 Å². The summed E-state index contributed by atoms with van der Waals surface area (Å²) in [6.07, 6.45) is 4.98. The zero-order chi connectivity index (χ0) is 19.2. The molecule has 0 atom stereocenters. The highest BCUT2D eigenvalue weighted by Crippen LogP contribution is 2.14. The van der Waals surface area contributed by atoms with Gasteiger partial charge in [0.25, 0.3) is 0 Å². The molecule has 1 aliphatic heterocycles. The number of halogens is 1. The van der Waals surface area contributed by atoms with Crippen molar-refractivity contribution in [1.29, 1.82) is 0 Å². The van der Waals surface area contributed by atoms with Gasteiger partial charge in [0.2, 0.25) is 0 Å². The molecule has 2 aromatic carbocycles. The molecule has 0 bridgehead atoms. The smallest absolute Gasteiger partial charge is 0.123 e. The third-order valence-electron chi connectivity index (χ3n) is 5.30. The zero-order valence-electron chi connectivity index (χ0n) is 16.2. The van der Waals surface area contributed by atoms with Crippen molar-refractivity contribution < 1.29 is 4.39 Å². The fourth-order valence-corrected chi connectivity index (χ4v) is 3.85. The van der Waals surface area contributed by atoms with Crippen LogP contribution in [0.3, 0.4) is 0 Å². The molecule has 3 aromatic rings. The van der Waals surface area contributed by atoms with E-state index >= 15 is 0 Å². The summed E-state index contributed by atoms with van der Waals surface area (Å²) in [5.74, 6) is -0.166. The van der Waals surface area contributed by atoms with E-state index in [4.69, 9.17) is 0 Å². The summed E-state index contributed by atoms with van der Waals surface area (Å²) in [6, 6.07) is 17.7. The van der Waals surface area contributed by atoms with Gasteiger partial charge in [-0.25, -0.2) is 4.39 Å². The Labute approximate surface area is 166 Å². The number of nitrogens with zero attached hydrogens (tertiary/aromatic N) is 4. The first-order valence-electron chi connectivity index (χ1n) is 9.99. The SMILES string of the molecule is Fc1ccc(CN2CCCN(Cc3cccc(Cn4cccn4)c3)CC2)cc1. The Morgan fingerprint density at radius 2 is 1.43 bits per heavy atom. The summed E-state index contributed by atoms with van der Waals surface area (Å²) in [7, 11) is 0. The van der Waals surface area contributed by atoms with Crippen LogP contribution < -0.4 is 0 Å². The van der Waals surface area contributed by atoms with Crippen LogP contribution in [0, 0.1) is 5.82 Å². The Kier molecular flexibility index (Phi) is 6.14. The topological polar surface area (TPSA) is 24.3 Å². The van der Waals surface area contributed by atoms with Crippen molar-refractivity contribution >= 4 is 0 Å². The van der Waals surface area contributed by atoms with Crippen LogP contribution in [0.15, 0.2) is 67.0 Å². The second kappa shape index (κ2) is 9.13. The number of rotatable bonds is 6. The molecule has 5 heteroatoms. The molecule has 1 aliphatic rings. The van der Waals surface area contributed by atoms with Gasteiger partial charge in [-0.1, -0.05) is 36.4 Å². The van der Waals surface area contributed by atoms with Crippen molar-refractivity contribution in [3.05, 3.63) is 89.5 Å². The maximum absolute atomic E-state index is 13.1. The van der Waals surface area contributed by atoms with Crippen molar-refractivity contribution in [2.45, 2.75) is 26.1 Å². The van der Waals surface area contributed by atoms with E-state index in [2.05, 4.69) is 39.2 Å². The lowest BCUT2D eigenvalue weighted by molar-refractivity contribution is 0.247. The highest BCUT2D eigenvalue weighted by molar-refractivity contribution is 5.23. The quantitative estimate of drug-likeness (QED) is 0.652. The number of hydrogen-bond acceptors (Lipinski definition) is 3. The summed E-state index contributed by atoms with van der Waals surface area (Å²) >= 11 is 0. The Bertz CT molecular complexity index is 861. The first kappa shape index (κ1) is 18.8. The van der Waals surface area contributed by atoms with Crippen molar-refractivity contribution in [3.8, 4) is 0 Å². The van der Waals surface area contributed by atoms with Crippen molar-refractivity contribution in [2.24, 2.45) is 0 Å². The van der Waals surface area contributed by atoms with E-state index in [1.807, 2.05) is 35.3 Å². The molecule has 0 aliphatic carbocycles. The van der Waals surface area contributed by atoms with Gasteiger partial charge in [-0.15, -0.1) is 0 Å². The molecule has 2 heterocycles. The zero-order valence-corrected chi connectivity index (χ0v) is 16.2. The highest BCUT2D eigenvalue weighted by atomic mass is 19.1. The Morgan fingerprint density at radius 1 is 0.750 bits per heavy atom. The molecule has 28 heavy (non-hydrogen) atoms. The Hall–Kier alpha value is -2.50. The van der Waals surface area contributed by atoms with Gasteiger partial charge in [0.15, 0.2) is 0 Å². The minimum atomic E-state index is -0.166. The minimum Gasteiger partial charge on any atom is -0.298 e. The highest BCUT2D eigenvalue weighted by Gasteiger charge is 2.15. The lowest BCUT2D eigenvalue weighted by Crippen LogP contribution is -2.30. The van der Waals surface area contributed by atoms with Gasteiger partial charge >= 0.3 is 0 Å². The molecule has 0 unspecified atom stereocenters. The lowest BCUT2D eigenvalue weighted by atomic mass is 10.1. The first-order chi connectivity index (χ1) is 13.7. The summed E-state index contributed by atoms with van der Waals surface area (Å²) in [4.78, 5) is 5.01. The van der Waals surface area contributed by atoms with Crippen LogP contribution in [-0.2, 0) is 19.6 Å². The molecule has 0 radical (unpaired) electrons. The average Bonchev–Trinajstić information content (AvgIpc) is 3.11. The van der Waals surface area contributed by atoms with E-state index in [-0.39, 0.29) is 5.82 Å². The molecule has 1 fully saturated rings. The molecule has 1 saturated heterocycles. The van der Waals surface area contributed by atoms with Crippen LogP contribution in [0.4, 0.5) is 4.39 Å². The Morgan fingerprint density at radius 3 is 2.11 bits per heavy atom. The van der Waals surface area contributed by atoms with Gasteiger partial charge in [-0.05, 0) is 54.4 Å². The van der Waals surface area contributed by atoms with Crippen LogP contribution >= 0.6 is 0 Å². The van der Waals surface area contributed by atoms with Gasteiger partial charge in [0.05, 0.1) is 6.54 Å². The second-order valence-corrected chi connectivity index (χ2v) is 7.56. The van der Waals surface area contributed by atoms with Crippen molar-refractivity contribution in [3.63, 3.8) is 0 Å². The molecular weight excluding hydrogens is 351 g/mol. The van der Waals surface area contributed by atoms with Gasteiger partial charge in [0.1, 0.15) is 5.82 Å². The Balaban J connectivity index is 1.31. The average molecular weight is 378 g/mol. The lowest BCUT2D eigenvalue weighted by Gasteiger charge is -2.22. The van der Waals surface area contributed by atoms with Gasteiger partial charge < -0.3 is 0 Å². The maximum Gasteiger partial charge on any atom is 0.123 e. The summed E-state index contributed by atoms with van der Waals surface area (Å²) in [6.45, 7) is 7.00. The molecule has 1 aromatic heterocycles. The molecule has 4 rings (SSSR count). The molecule has 0 spiro atoms. The monoisotopic (exact) mass is 378 g/mol. The van der Waals surface area contributed by atoms with Gasteiger partial charge in [-0.2, -0.15) is 5.10 Å². The third kappa shape index (κ3) is 5.27.